The van der Waals surface area contributed by atoms with E-state index in [0.29, 0.717) is 12.1 Å². The molecule has 1 N–H and O–H groups in total. The fraction of sp³-hybridized carbons (Fsp3) is 0.231. The summed E-state index contributed by atoms with van der Waals surface area (Å²) in [4.78, 5) is 8.63. The average molecular weight is 214 g/mol. The van der Waals surface area contributed by atoms with Crippen molar-refractivity contribution in [1.82, 2.24) is 9.97 Å². The lowest BCUT2D eigenvalue weighted by molar-refractivity contribution is 0.173. The molecule has 1 unspecified atom stereocenters. The van der Waals surface area contributed by atoms with Gasteiger partial charge >= 0.3 is 0 Å². The fourth-order valence-corrected chi connectivity index (χ4v) is 1.57. The minimum Gasteiger partial charge on any atom is -0.386 e. The summed E-state index contributed by atoms with van der Waals surface area (Å²) in [5, 5.41) is 9.89. The topological polar surface area (TPSA) is 46.0 Å². The van der Waals surface area contributed by atoms with Crippen LogP contribution in [0.4, 0.5) is 0 Å². The Morgan fingerprint density at radius 3 is 2.75 bits per heavy atom. The van der Waals surface area contributed by atoms with Crippen LogP contribution in [0.5, 0.6) is 0 Å². The lowest BCUT2D eigenvalue weighted by Gasteiger charge is -2.09. The molecule has 0 saturated heterocycles. The normalized spacial score (nSPS) is 12.6. The molecule has 0 aliphatic rings. The van der Waals surface area contributed by atoms with Crippen LogP contribution < -0.4 is 0 Å². The van der Waals surface area contributed by atoms with E-state index in [9.17, 15) is 5.11 Å². The second-order valence-electron chi connectivity index (χ2n) is 3.96. The SMILES string of the molecule is C=C(C)CC(O)c1cnc2ccccc2n1. The first-order valence-corrected chi connectivity index (χ1v) is 5.21. The Hall–Kier alpha value is -1.74. The van der Waals surface area contributed by atoms with Gasteiger partial charge in [-0.25, -0.2) is 4.98 Å². The minimum absolute atomic E-state index is 0.521. The molecule has 1 heterocycles. The zero-order valence-corrected chi connectivity index (χ0v) is 9.22. The van der Waals surface area contributed by atoms with Crippen molar-refractivity contribution in [1.29, 1.82) is 0 Å². The molecule has 0 amide bonds. The number of hydrogen-bond acceptors (Lipinski definition) is 3. The van der Waals surface area contributed by atoms with Crippen molar-refractivity contribution in [3.63, 3.8) is 0 Å². The van der Waals surface area contributed by atoms with Gasteiger partial charge in [-0.05, 0) is 25.5 Å². The van der Waals surface area contributed by atoms with Gasteiger partial charge < -0.3 is 5.11 Å². The molecule has 16 heavy (non-hydrogen) atoms. The number of aromatic nitrogens is 2. The lowest BCUT2D eigenvalue weighted by Crippen LogP contribution is -2.02. The number of aliphatic hydroxyl groups is 1. The average Bonchev–Trinajstić information content (AvgIpc) is 2.27. The van der Waals surface area contributed by atoms with E-state index in [-0.39, 0.29) is 0 Å². The standard InChI is InChI=1S/C13H14N2O/c1-9(2)7-13(16)12-8-14-10-5-3-4-6-11(10)15-12/h3-6,8,13,16H,1,7H2,2H3. The van der Waals surface area contributed by atoms with Gasteiger partial charge in [0.15, 0.2) is 0 Å². The van der Waals surface area contributed by atoms with Crippen molar-refractivity contribution in [2.75, 3.05) is 0 Å². The smallest absolute Gasteiger partial charge is 0.101 e. The van der Waals surface area contributed by atoms with Crippen LogP contribution in [0.15, 0.2) is 42.6 Å². The van der Waals surface area contributed by atoms with Crippen molar-refractivity contribution in [2.45, 2.75) is 19.4 Å². The van der Waals surface area contributed by atoms with E-state index in [2.05, 4.69) is 16.5 Å². The van der Waals surface area contributed by atoms with E-state index in [0.717, 1.165) is 16.6 Å². The molecule has 82 valence electrons. The minimum atomic E-state index is -0.616. The predicted octanol–water partition coefficient (Wildman–Crippen LogP) is 2.63. The molecular weight excluding hydrogens is 200 g/mol. The molecule has 0 saturated carbocycles. The number of para-hydroxylation sites is 2. The van der Waals surface area contributed by atoms with Gasteiger partial charge in [-0.1, -0.05) is 17.7 Å². The molecule has 3 heteroatoms. The van der Waals surface area contributed by atoms with Gasteiger partial charge in [0.25, 0.3) is 0 Å². The number of nitrogens with zero attached hydrogens (tertiary/aromatic N) is 2. The van der Waals surface area contributed by atoms with Crippen molar-refractivity contribution in [3.8, 4) is 0 Å². The highest BCUT2D eigenvalue weighted by molar-refractivity contribution is 5.73. The summed E-state index contributed by atoms with van der Waals surface area (Å²) in [7, 11) is 0. The molecule has 2 rings (SSSR count). The highest BCUT2D eigenvalue weighted by Gasteiger charge is 2.10. The summed E-state index contributed by atoms with van der Waals surface area (Å²) >= 11 is 0. The van der Waals surface area contributed by atoms with Crippen LogP contribution in [0.1, 0.15) is 25.1 Å². The Morgan fingerprint density at radius 2 is 2.06 bits per heavy atom. The third-order valence-electron chi connectivity index (χ3n) is 2.35. The molecular formula is C13H14N2O. The number of rotatable bonds is 3. The Bertz CT molecular complexity index is 522. The van der Waals surface area contributed by atoms with Crippen LogP contribution in [0.2, 0.25) is 0 Å². The second kappa shape index (κ2) is 4.41. The van der Waals surface area contributed by atoms with E-state index in [1.807, 2.05) is 31.2 Å². The zero-order chi connectivity index (χ0) is 11.5. The molecule has 0 aliphatic heterocycles. The number of fused-ring (bicyclic) bond motifs is 1. The second-order valence-corrected chi connectivity index (χ2v) is 3.96. The first-order valence-electron chi connectivity index (χ1n) is 5.21. The Balaban J connectivity index is 2.35. The van der Waals surface area contributed by atoms with Gasteiger partial charge in [0, 0.05) is 0 Å². The monoisotopic (exact) mass is 214 g/mol. The molecule has 0 aliphatic carbocycles. The summed E-state index contributed by atoms with van der Waals surface area (Å²) in [5.41, 5.74) is 3.18. The van der Waals surface area contributed by atoms with Crippen LogP contribution in [0.3, 0.4) is 0 Å². The van der Waals surface area contributed by atoms with E-state index in [1.165, 1.54) is 0 Å². The predicted molar refractivity (Wildman–Crippen MR) is 63.9 cm³/mol. The van der Waals surface area contributed by atoms with Gasteiger partial charge in [0.1, 0.15) is 6.10 Å². The van der Waals surface area contributed by atoms with Crippen molar-refractivity contribution in [3.05, 3.63) is 48.3 Å². The summed E-state index contributed by atoms with van der Waals surface area (Å²) in [6, 6.07) is 7.61. The first kappa shape index (κ1) is 10.8. The van der Waals surface area contributed by atoms with Crippen LogP contribution in [0.25, 0.3) is 11.0 Å². The maximum Gasteiger partial charge on any atom is 0.101 e. The molecule has 0 bridgehead atoms. The van der Waals surface area contributed by atoms with Gasteiger partial charge in [-0.2, -0.15) is 0 Å². The third kappa shape index (κ3) is 2.25. The van der Waals surface area contributed by atoms with Gasteiger partial charge in [0.05, 0.1) is 22.9 Å². The Morgan fingerprint density at radius 1 is 1.38 bits per heavy atom. The first-order chi connectivity index (χ1) is 7.66. The number of hydrogen-bond donors (Lipinski definition) is 1. The van der Waals surface area contributed by atoms with Crippen LogP contribution >= 0.6 is 0 Å². The fourth-order valence-electron chi connectivity index (χ4n) is 1.57. The molecule has 1 atom stereocenters. The van der Waals surface area contributed by atoms with Crippen LogP contribution in [-0.4, -0.2) is 15.1 Å². The highest BCUT2D eigenvalue weighted by atomic mass is 16.3. The van der Waals surface area contributed by atoms with Crippen molar-refractivity contribution >= 4 is 11.0 Å². The summed E-state index contributed by atoms with van der Waals surface area (Å²) in [6.45, 7) is 5.66. The van der Waals surface area contributed by atoms with E-state index < -0.39 is 6.10 Å². The maximum atomic E-state index is 9.89. The van der Waals surface area contributed by atoms with Crippen molar-refractivity contribution in [2.24, 2.45) is 0 Å². The molecule has 2 aromatic rings. The molecule has 1 aromatic heterocycles. The molecule has 0 radical (unpaired) electrons. The zero-order valence-electron chi connectivity index (χ0n) is 9.22. The molecule has 1 aromatic carbocycles. The summed E-state index contributed by atoms with van der Waals surface area (Å²) < 4.78 is 0. The number of aliphatic hydroxyl groups excluding tert-OH is 1. The van der Waals surface area contributed by atoms with Crippen molar-refractivity contribution < 1.29 is 5.11 Å². The Labute approximate surface area is 94.5 Å². The van der Waals surface area contributed by atoms with Gasteiger partial charge in [-0.15, -0.1) is 6.58 Å². The molecule has 0 fully saturated rings. The summed E-state index contributed by atoms with van der Waals surface area (Å²) in [6.07, 6.45) is 1.53. The highest BCUT2D eigenvalue weighted by Crippen LogP contribution is 2.19. The Kier molecular flexibility index (Phi) is 2.97. The quantitative estimate of drug-likeness (QED) is 0.799. The van der Waals surface area contributed by atoms with Gasteiger partial charge in [0.2, 0.25) is 0 Å². The van der Waals surface area contributed by atoms with Gasteiger partial charge in [-0.3, -0.25) is 4.98 Å². The third-order valence-corrected chi connectivity index (χ3v) is 2.35. The maximum absolute atomic E-state index is 9.89. The van der Waals surface area contributed by atoms with E-state index in [1.54, 1.807) is 6.20 Å². The summed E-state index contributed by atoms with van der Waals surface area (Å²) in [5.74, 6) is 0. The van der Waals surface area contributed by atoms with Crippen LogP contribution in [-0.2, 0) is 0 Å². The molecule has 0 spiro atoms. The van der Waals surface area contributed by atoms with E-state index >= 15 is 0 Å². The number of benzene rings is 1. The molecule has 3 nitrogen and oxygen atoms in total. The largest absolute Gasteiger partial charge is 0.386 e. The van der Waals surface area contributed by atoms with E-state index in [4.69, 9.17) is 0 Å². The van der Waals surface area contributed by atoms with Crippen LogP contribution in [0, 0.1) is 0 Å². The lowest BCUT2D eigenvalue weighted by atomic mass is 10.1.